The zero-order valence-corrected chi connectivity index (χ0v) is 8.96. The van der Waals surface area contributed by atoms with Crippen LogP contribution in [0, 0.1) is 12.7 Å². The summed E-state index contributed by atoms with van der Waals surface area (Å²) in [7, 11) is 0. The number of carbonyl (C=O) groups excluding carboxylic acids is 1. The molecule has 0 spiro atoms. The summed E-state index contributed by atoms with van der Waals surface area (Å²) in [6.45, 7) is 1.86. The summed E-state index contributed by atoms with van der Waals surface area (Å²) in [6, 6.07) is 7.77. The second-order valence-corrected chi connectivity index (χ2v) is 3.74. The van der Waals surface area contributed by atoms with E-state index in [1.54, 1.807) is 24.4 Å². The number of aromatic nitrogens is 1. The highest BCUT2D eigenvalue weighted by molar-refractivity contribution is 5.98. The highest BCUT2D eigenvalue weighted by atomic mass is 19.1. The smallest absolute Gasteiger partial charge is 0.169 e. The maximum Gasteiger partial charge on any atom is 0.169 e. The molecule has 1 aromatic heterocycles. The Morgan fingerprint density at radius 1 is 1.25 bits per heavy atom. The molecule has 2 nitrogen and oxygen atoms in total. The third-order valence-electron chi connectivity index (χ3n) is 2.53. The van der Waals surface area contributed by atoms with Gasteiger partial charge in [0.05, 0.1) is 0 Å². The number of carbonyl (C=O) groups is 1. The number of rotatable bonds is 3. The monoisotopic (exact) mass is 217 g/mol. The number of nitrogens with one attached hydrogen (secondary N) is 1. The number of ketones is 1. The average Bonchev–Trinajstić information content (AvgIpc) is 2.68. The van der Waals surface area contributed by atoms with E-state index in [0.717, 1.165) is 11.3 Å². The lowest BCUT2D eigenvalue weighted by Crippen LogP contribution is -2.04. The molecular weight excluding hydrogens is 205 g/mol. The molecular formula is C13H12FNO. The summed E-state index contributed by atoms with van der Waals surface area (Å²) in [5.41, 5.74) is 2.39. The Bertz CT molecular complexity index is 499. The van der Waals surface area contributed by atoms with E-state index in [2.05, 4.69) is 4.98 Å². The SMILES string of the molecule is Cc1[nH]ccc1C(=O)Cc1ccc(F)cc1. The molecule has 0 fully saturated rings. The fourth-order valence-electron chi connectivity index (χ4n) is 1.64. The van der Waals surface area contributed by atoms with E-state index in [1.807, 2.05) is 6.92 Å². The third kappa shape index (κ3) is 2.19. The fourth-order valence-corrected chi connectivity index (χ4v) is 1.64. The first-order valence-electron chi connectivity index (χ1n) is 5.08. The van der Waals surface area contributed by atoms with Gasteiger partial charge < -0.3 is 4.98 Å². The molecule has 0 radical (unpaired) electrons. The number of Topliss-reactive ketones (excluding diaryl/α,β-unsaturated/α-hetero) is 1. The largest absolute Gasteiger partial charge is 0.365 e. The molecule has 1 heterocycles. The zero-order valence-electron chi connectivity index (χ0n) is 8.96. The van der Waals surface area contributed by atoms with Gasteiger partial charge in [0, 0.05) is 23.9 Å². The van der Waals surface area contributed by atoms with Crippen LogP contribution >= 0.6 is 0 Å². The number of hydrogen-bond acceptors (Lipinski definition) is 1. The Morgan fingerprint density at radius 2 is 1.94 bits per heavy atom. The van der Waals surface area contributed by atoms with Gasteiger partial charge in [-0.25, -0.2) is 4.39 Å². The molecule has 0 aliphatic carbocycles. The van der Waals surface area contributed by atoms with Crippen LogP contribution in [0.1, 0.15) is 21.6 Å². The average molecular weight is 217 g/mol. The Morgan fingerprint density at radius 3 is 2.50 bits per heavy atom. The van der Waals surface area contributed by atoms with E-state index in [0.29, 0.717) is 12.0 Å². The molecule has 0 unspecified atom stereocenters. The molecule has 82 valence electrons. The normalized spacial score (nSPS) is 10.4. The molecule has 0 atom stereocenters. The van der Waals surface area contributed by atoms with Crippen LogP contribution in [0.2, 0.25) is 0 Å². The molecule has 0 saturated heterocycles. The van der Waals surface area contributed by atoms with Crippen LogP contribution in [-0.2, 0) is 6.42 Å². The molecule has 0 aliphatic rings. The number of H-pyrrole nitrogens is 1. The lowest BCUT2D eigenvalue weighted by molar-refractivity contribution is 0.0992. The minimum atomic E-state index is -0.283. The van der Waals surface area contributed by atoms with Crippen molar-refractivity contribution in [1.29, 1.82) is 0 Å². The first-order chi connectivity index (χ1) is 7.66. The highest BCUT2D eigenvalue weighted by Crippen LogP contribution is 2.11. The van der Waals surface area contributed by atoms with Crippen molar-refractivity contribution in [3.05, 3.63) is 59.2 Å². The van der Waals surface area contributed by atoms with E-state index in [1.165, 1.54) is 12.1 Å². The van der Waals surface area contributed by atoms with Crippen molar-refractivity contribution in [2.75, 3.05) is 0 Å². The van der Waals surface area contributed by atoms with Crippen molar-refractivity contribution < 1.29 is 9.18 Å². The minimum absolute atomic E-state index is 0.0466. The molecule has 0 bridgehead atoms. The van der Waals surface area contributed by atoms with Gasteiger partial charge in [-0.2, -0.15) is 0 Å². The summed E-state index contributed by atoms with van der Waals surface area (Å²) >= 11 is 0. The van der Waals surface area contributed by atoms with E-state index in [4.69, 9.17) is 0 Å². The Kier molecular flexibility index (Phi) is 2.86. The van der Waals surface area contributed by atoms with Gasteiger partial charge in [0.2, 0.25) is 0 Å². The molecule has 2 aromatic rings. The Labute approximate surface area is 93.1 Å². The maximum atomic E-state index is 12.7. The summed E-state index contributed by atoms with van der Waals surface area (Å²) < 4.78 is 12.7. The molecule has 2 rings (SSSR count). The van der Waals surface area contributed by atoms with Crippen LogP contribution in [0.25, 0.3) is 0 Å². The molecule has 1 aromatic carbocycles. The molecule has 1 N–H and O–H groups in total. The van der Waals surface area contributed by atoms with Crippen molar-refractivity contribution in [2.45, 2.75) is 13.3 Å². The second-order valence-electron chi connectivity index (χ2n) is 3.74. The summed E-state index contributed by atoms with van der Waals surface area (Å²) in [4.78, 5) is 14.8. The predicted octanol–water partition coefficient (Wildman–Crippen LogP) is 2.89. The van der Waals surface area contributed by atoms with Crippen molar-refractivity contribution >= 4 is 5.78 Å². The fraction of sp³-hybridized carbons (Fsp3) is 0.154. The van der Waals surface area contributed by atoms with E-state index in [-0.39, 0.29) is 11.6 Å². The Hall–Kier alpha value is -1.90. The van der Waals surface area contributed by atoms with Gasteiger partial charge in [-0.05, 0) is 30.7 Å². The standard InChI is InChI=1S/C13H12FNO/c1-9-12(6-7-15-9)13(16)8-10-2-4-11(14)5-3-10/h2-7,15H,8H2,1H3. The van der Waals surface area contributed by atoms with Crippen molar-refractivity contribution in [2.24, 2.45) is 0 Å². The Balaban J connectivity index is 2.14. The lowest BCUT2D eigenvalue weighted by Gasteiger charge is -2.00. The van der Waals surface area contributed by atoms with E-state index >= 15 is 0 Å². The quantitative estimate of drug-likeness (QED) is 0.788. The predicted molar refractivity (Wildman–Crippen MR) is 60.0 cm³/mol. The number of benzene rings is 1. The number of halogens is 1. The number of aromatic amines is 1. The molecule has 0 aliphatic heterocycles. The summed E-state index contributed by atoms with van der Waals surface area (Å²) in [5.74, 6) is -0.237. The van der Waals surface area contributed by atoms with Crippen molar-refractivity contribution in [1.82, 2.24) is 4.98 Å². The molecule has 0 saturated carbocycles. The van der Waals surface area contributed by atoms with Crippen molar-refractivity contribution in [3.8, 4) is 0 Å². The van der Waals surface area contributed by atoms with Crippen LogP contribution in [0.3, 0.4) is 0 Å². The van der Waals surface area contributed by atoms with E-state index in [9.17, 15) is 9.18 Å². The van der Waals surface area contributed by atoms with Gasteiger partial charge in [-0.15, -0.1) is 0 Å². The van der Waals surface area contributed by atoms with Gasteiger partial charge in [-0.3, -0.25) is 4.79 Å². The molecule has 0 amide bonds. The first kappa shape index (κ1) is 10.6. The second kappa shape index (κ2) is 4.31. The van der Waals surface area contributed by atoms with Gasteiger partial charge in [-0.1, -0.05) is 12.1 Å². The van der Waals surface area contributed by atoms with Crippen LogP contribution in [0.5, 0.6) is 0 Å². The highest BCUT2D eigenvalue weighted by Gasteiger charge is 2.10. The topological polar surface area (TPSA) is 32.9 Å². The van der Waals surface area contributed by atoms with Crippen LogP contribution in [0.15, 0.2) is 36.5 Å². The summed E-state index contributed by atoms with van der Waals surface area (Å²) in [6.07, 6.45) is 2.05. The maximum absolute atomic E-state index is 12.7. The first-order valence-corrected chi connectivity index (χ1v) is 5.08. The van der Waals surface area contributed by atoms with E-state index < -0.39 is 0 Å². The van der Waals surface area contributed by atoms with Crippen LogP contribution in [-0.4, -0.2) is 10.8 Å². The molecule has 16 heavy (non-hydrogen) atoms. The number of aryl methyl sites for hydroxylation is 1. The van der Waals surface area contributed by atoms with Gasteiger partial charge in [0.25, 0.3) is 0 Å². The van der Waals surface area contributed by atoms with Gasteiger partial charge in [0.1, 0.15) is 5.82 Å². The number of hydrogen-bond donors (Lipinski definition) is 1. The zero-order chi connectivity index (χ0) is 11.5. The third-order valence-corrected chi connectivity index (χ3v) is 2.53. The van der Waals surface area contributed by atoms with Gasteiger partial charge >= 0.3 is 0 Å². The van der Waals surface area contributed by atoms with Crippen molar-refractivity contribution in [3.63, 3.8) is 0 Å². The van der Waals surface area contributed by atoms with Gasteiger partial charge in [0.15, 0.2) is 5.78 Å². The minimum Gasteiger partial charge on any atom is -0.365 e. The van der Waals surface area contributed by atoms with Crippen LogP contribution in [0.4, 0.5) is 4.39 Å². The van der Waals surface area contributed by atoms with Crippen LogP contribution < -0.4 is 0 Å². The lowest BCUT2D eigenvalue weighted by atomic mass is 10.0. The molecule has 3 heteroatoms. The summed E-state index contributed by atoms with van der Waals surface area (Å²) in [5, 5.41) is 0.